The highest BCUT2D eigenvalue weighted by atomic mass is 16.5. The van der Waals surface area contributed by atoms with E-state index in [9.17, 15) is 4.79 Å². The third kappa shape index (κ3) is 3.17. The zero-order valence-corrected chi connectivity index (χ0v) is 10.9. The van der Waals surface area contributed by atoms with Crippen molar-refractivity contribution >= 4 is 11.6 Å². The normalized spacial score (nSPS) is 10.4. The maximum absolute atomic E-state index is 12.0. The summed E-state index contributed by atoms with van der Waals surface area (Å²) in [6, 6.07) is 7.46. The summed E-state index contributed by atoms with van der Waals surface area (Å²) in [4.78, 5) is 16.1. The Labute approximate surface area is 111 Å². The van der Waals surface area contributed by atoms with Crippen LogP contribution >= 0.6 is 0 Å². The van der Waals surface area contributed by atoms with Crippen LogP contribution in [0.4, 0.5) is 5.69 Å². The van der Waals surface area contributed by atoms with Crippen molar-refractivity contribution in [3.05, 3.63) is 41.5 Å². The summed E-state index contributed by atoms with van der Waals surface area (Å²) in [5.41, 5.74) is 1.61. The maximum atomic E-state index is 12.0. The maximum Gasteiger partial charge on any atom is 0.295 e. The molecule has 0 unspecified atom stereocenters. The summed E-state index contributed by atoms with van der Waals surface area (Å²) in [6.07, 6.45) is 0.709. The highest BCUT2D eigenvalue weighted by Crippen LogP contribution is 2.16. The Morgan fingerprint density at radius 3 is 2.89 bits per heavy atom. The van der Waals surface area contributed by atoms with Crippen molar-refractivity contribution in [3.8, 4) is 0 Å². The van der Waals surface area contributed by atoms with E-state index in [1.807, 2.05) is 31.2 Å². The lowest BCUT2D eigenvalue weighted by Gasteiger charge is -2.08. The van der Waals surface area contributed by atoms with Crippen LogP contribution in [0.2, 0.25) is 0 Å². The molecule has 2 aromatic rings. The Balaban J connectivity index is 2.14. The average molecular weight is 260 g/mol. The van der Waals surface area contributed by atoms with Gasteiger partial charge in [0.05, 0.1) is 6.61 Å². The number of amides is 1. The summed E-state index contributed by atoms with van der Waals surface area (Å²) in [5, 5.41) is 9.38. The number of anilines is 1. The number of aryl methyl sites for hydroxylation is 1. The standard InChI is InChI=1S/C13H16N4O2/c1-3-11-15-12(17-16-11)13(18)14-10-7-5-4-6-9(10)8-19-2/h4-7H,3,8H2,1-2H3,(H,14,18)(H,15,16,17). The zero-order valence-electron chi connectivity index (χ0n) is 10.9. The SMILES string of the molecule is CCc1nc(C(=O)Nc2ccccc2COC)n[nH]1. The number of rotatable bonds is 5. The Hall–Kier alpha value is -2.21. The van der Waals surface area contributed by atoms with Crippen LogP contribution in [0.5, 0.6) is 0 Å². The van der Waals surface area contributed by atoms with E-state index in [4.69, 9.17) is 4.74 Å². The molecule has 1 heterocycles. The van der Waals surface area contributed by atoms with Crippen molar-refractivity contribution in [1.29, 1.82) is 0 Å². The van der Waals surface area contributed by atoms with Gasteiger partial charge in [0.25, 0.3) is 5.91 Å². The van der Waals surface area contributed by atoms with E-state index in [-0.39, 0.29) is 11.7 Å². The molecule has 0 aliphatic carbocycles. The summed E-state index contributed by atoms with van der Waals surface area (Å²) in [7, 11) is 1.61. The van der Waals surface area contributed by atoms with Crippen molar-refractivity contribution in [2.75, 3.05) is 12.4 Å². The average Bonchev–Trinajstić information content (AvgIpc) is 2.90. The molecular formula is C13H16N4O2. The Bertz CT molecular complexity index is 565. The first kappa shape index (κ1) is 13.2. The summed E-state index contributed by atoms with van der Waals surface area (Å²) in [6.45, 7) is 2.38. The number of aromatic nitrogens is 3. The highest BCUT2D eigenvalue weighted by molar-refractivity contribution is 6.01. The first-order valence-electron chi connectivity index (χ1n) is 6.04. The largest absolute Gasteiger partial charge is 0.380 e. The number of nitrogens with one attached hydrogen (secondary N) is 2. The molecule has 0 spiro atoms. The molecule has 1 amide bonds. The van der Waals surface area contributed by atoms with Gasteiger partial charge in [-0.15, -0.1) is 5.10 Å². The lowest BCUT2D eigenvalue weighted by atomic mass is 10.2. The molecule has 1 aromatic heterocycles. The molecule has 0 saturated carbocycles. The van der Waals surface area contributed by atoms with E-state index >= 15 is 0 Å². The van der Waals surface area contributed by atoms with Crippen LogP contribution < -0.4 is 5.32 Å². The van der Waals surface area contributed by atoms with Crippen LogP contribution in [0, 0.1) is 0 Å². The van der Waals surface area contributed by atoms with Gasteiger partial charge in [-0.05, 0) is 6.07 Å². The second-order valence-corrected chi connectivity index (χ2v) is 4.00. The molecule has 0 radical (unpaired) electrons. The van der Waals surface area contributed by atoms with Gasteiger partial charge in [-0.25, -0.2) is 4.98 Å². The number of aromatic amines is 1. The summed E-state index contributed by atoms with van der Waals surface area (Å²) >= 11 is 0. The van der Waals surface area contributed by atoms with Gasteiger partial charge in [-0.1, -0.05) is 25.1 Å². The first-order chi connectivity index (χ1) is 9.24. The third-order valence-electron chi connectivity index (χ3n) is 2.64. The topological polar surface area (TPSA) is 79.9 Å². The Morgan fingerprint density at radius 2 is 2.21 bits per heavy atom. The van der Waals surface area contributed by atoms with Gasteiger partial charge in [0.1, 0.15) is 5.82 Å². The molecule has 19 heavy (non-hydrogen) atoms. The molecule has 6 nitrogen and oxygen atoms in total. The number of hydrogen-bond acceptors (Lipinski definition) is 4. The van der Waals surface area contributed by atoms with Gasteiger partial charge in [-0.3, -0.25) is 9.89 Å². The van der Waals surface area contributed by atoms with Gasteiger partial charge in [0, 0.05) is 24.8 Å². The minimum Gasteiger partial charge on any atom is -0.380 e. The molecule has 1 aromatic carbocycles. The van der Waals surface area contributed by atoms with E-state index in [1.54, 1.807) is 7.11 Å². The number of methoxy groups -OCH3 is 1. The van der Waals surface area contributed by atoms with Crippen LogP contribution in [-0.4, -0.2) is 28.2 Å². The van der Waals surface area contributed by atoms with Crippen LogP contribution in [-0.2, 0) is 17.8 Å². The van der Waals surface area contributed by atoms with E-state index in [2.05, 4.69) is 20.5 Å². The zero-order chi connectivity index (χ0) is 13.7. The number of para-hydroxylation sites is 1. The lowest BCUT2D eigenvalue weighted by molar-refractivity contribution is 0.101. The van der Waals surface area contributed by atoms with Crippen molar-refractivity contribution in [2.24, 2.45) is 0 Å². The van der Waals surface area contributed by atoms with Crippen LogP contribution in [0.3, 0.4) is 0 Å². The predicted octanol–water partition coefficient (Wildman–Crippen LogP) is 1.77. The fraction of sp³-hybridized carbons (Fsp3) is 0.308. The van der Waals surface area contributed by atoms with Gasteiger partial charge in [0.2, 0.25) is 5.82 Å². The van der Waals surface area contributed by atoms with E-state index in [0.717, 1.165) is 5.56 Å². The molecule has 0 aliphatic rings. The minimum atomic E-state index is -0.334. The van der Waals surface area contributed by atoms with Crippen molar-refractivity contribution in [2.45, 2.75) is 20.0 Å². The van der Waals surface area contributed by atoms with Crippen molar-refractivity contribution in [3.63, 3.8) is 0 Å². The van der Waals surface area contributed by atoms with Crippen LogP contribution in [0.25, 0.3) is 0 Å². The number of hydrogen-bond donors (Lipinski definition) is 2. The molecular weight excluding hydrogens is 244 g/mol. The number of carbonyl (C=O) groups is 1. The monoisotopic (exact) mass is 260 g/mol. The van der Waals surface area contributed by atoms with Crippen molar-refractivity contribution < 1.29 is 9.53 Å². The lowest BCUT2D eigenvalue weighted by Crippen LogP contribution is -2.15. The third-order valence-corrected chi connectivity index (χ3v) is 2.64. The second-order valence-electron chi connectivity index (χ2n) is 4.00. The van der Waals surface area contributed by atoms with Gasteiger partial charge < -0.3 is 10.1 Å². The predicted molar refractivity (Wildman–Crippen MR) is 70.9 cm³/mol. The van der Waals surface area contributed by atoms with Crippen molar-refractivity contribution in [1.82, 2.24) is 15.2 Å². The summed E-state index contributed by atoms with van der Waals surface area (Å²) < 4.78 is 5.09. The van der Waals surface area contributed by atoms with E-state index in [1.165, 1.54) is 0 Å². The second kappa shape index (κ2) is 6.10. The number of benzene rings is 1. The number of nitrogens with zero attached hydrogens (tertiary/aromatic N) is 2. The summed E-state index contributed by atoms with van der Waals surface area (Å²) in [5.74, 6) is 0.499. The molecule has 0 atom stereocenters. The molecule has 0 saturated heterocycles. The Kier molecular flexibility index (Phi) is 4.25. The van der Waals surface area contributed by atoms with Gasteiger partial charge >= 0.3 is 0 Å². The Morgan fingerprint density at radius 1 is 1.42 bits per heavy atom. The highest BCUT2D eigenvalue weighted by Gasteiger charge is 2.13. The number of ether oxygens (including phenoxy) is 1. The number of carbonyl (C=O) groups excluding carboxylic acids is 1. The quantitative estimate of drug-likeness (QED) is 0.858. The van der Waals surface area contributed by atoms with Gasteiger partial charge in [0.15, 0.2) is 0 Å². The fourth-order valence-electron chi connectivity index (χ4n) is 1.66. The van der Waals surface area contributed by atoms with E-state index < -0.39 is 0 Å². The molecule has 100 valence electrons. The molecule has 2 rings (SSSR count). The molecule has 6 heteroatoms. The first-order valence-corrected chi connectivity index (χ1v) is 6.04. The number of H-pyrrole nitrogens is 1. The molecule has 0 fully saturated rings. The fourth-order valence-corrected chi connectivity index (χ4v) is 1.66. The van der Waals surface area contributed by atoms with Crippen LogP contribution in [0.1, 0.15) is 28.9 Å². The minimum absolute atomic E-state index is 0.143. The van der Waals surface area contributed by atoms with E-state index in [0.29, 0.717) is 24.5 Å². The molecule has 2 N–H and O–H groups in total. The molecule has 0 bridgehead atoms. The smallest absolute Gasteiger partial charge is 0.295 e. The van der Waals surface area contributed by atoms with Gasteiger partial charge in [-0.2, -0.15) is 0 Å². The molecule has 0 aliphatic heterocycles. The van der Waals surface area contributed by atoms with Crippen LogP contribution in [0.15, 0.2) is 24.3 Å².